The van der Waals surface area contributed by atoms with Crippen LogP contribution in [0.5, 0.6) is 5.75 Å². The molecule has 40 heavy (non-hydrogen) atoms. The Balaban J connectivity index is 1.31. The summed E-state index contributed by atoms with van der Waals surface area (Å²) in [7, 11) is 0. The Kier molecular flexibility index (Phi) is 10.5. The number of pyridine rings is 2. The Morgan fingerprint density at radius 2 is 2.05 bits per heavy atom. The minimum atomic E-state index is -1.03. The molecule has 11 nitrogen and oxygen atoms in total. The molecule has 0 aliphatic carbocycles. The first-order valence-corrected chi connectivity index (χ1v) is 13.4. The molecule has 1 aliphatic heterocycles. The number of anilines is 2. The molecular formula is C28H33FN8O3. The van der Waals surface area contributed by atoms with Crippen LogP contribution >= 0.6 is 0 Å². The number of aryl methyl sites for hydroxylation is 2. The number of aromatic nitrogens is 4. The number of carboxylic acids is 1. The van der Waals surface area contributed by atoms with Crippen LogP contribution in [0.4, 0.5) is 16.2 Å². The fourth-order valence-corrected chi connectivity index (χ4v) is 4.43. The molecule has 0 bridgehead atoms. The third-order valence-corrected chi connectivity index (χ3v) is 6.58. The van der Waals surface area contributed by atoms with Crippen molar-refractivity contribution < 1.29 is 19.0 Å². The average Bonchev–Trinajstić information content (AvgIpc) is 2.97. The van der Waals surface area contributed by atoms with Crippen LogP contribution in [0, 0.1) is 17.1 Å². The summed E-state index contributed by atoms with van der Waals surface area (Å²) in [5.74, 6) is -0.0161. The first-order valence-electron chi connectivity index (χ1n) is 13.4. The molecule has 3 N–H and O–H groups in total. The second kappa shape index (κ2) is 14.7. The Hall–Kier alpha value is -4.37. The lowest BCUT2D eigenvalue weighted by Gasteiger charge is -2.24. The summed E-state index contributed by atoms with van der Waals surface area (Å²) in [5.41, 5.74) is 2.61. The van der Waals surface area contributed by atoms with E-state index in [-0.39, 0.29) is 12.4 Å². The summed E-state index contributed by atoms with van der Waals surface area (Å²) in [6, 6.07) is 6.54. The van der Waals surface area contributed by atoms with E-state index in [1.807, 2.05) is 6.07 Å². The quantitative estimate of drug-likeness (QED) is 0.240. The number of aliphatic carboxylic acids is 1. The van der Waals surface area contributed by atoms with Gasteiger partial charge in [0.2, 0.25) is 5.95 Å². The highest BCUT2D eigenvalue weighted by molar-refractivity contribution is 5.76. The Morgan fingerprint density at radius 3 is 2.83 bits per heavy atom. The number of nitriles is 1. The molecule has 1 unspecified atom stereocenters. The van der Waals surface area contributed by atoms with E-state index in [2.05, 4.69) is 42.6 Å². The Morgan fingerprint density at radius 1 is 1.20 bits per heavy atom. The average molecular weight is 549 g/mol. The van der Waals surface area contributed by atoms with Gasteiger partial charge in [-0.2, -0.15) is 5.26 Å². The van der Waals surface area contributed by atoms with Crippen LogP contribution in [-0.4, -0.2) is 74.7 Å². The van der Waals surface area contributed by atoms with Crippen molar-refractivity contribution in [1.82, 2.24) is 24.8 Å². The monoisotopic (exact) mass is 548 g/mol. The van der Waals surface area contributed by atoms with E-state index in [4.69, 9.17) is 15.0 Å². The maximum atomic E-state index is 13.4. The van der Waals surface area contributed by atoms with Crippen molar-refractivity contribution in [3.8, 4) is 11.8 Å². The molecule has 1 aliphatic rings. The lowest BCUT2D eigenvalue weighted by molar-refractivity contribution is -0.138. The smallest absolute Gasteiger partial charge is 0.326 e. The first-order chi connectivity index (χ1) is 19.5. The van der Waals surface area contributed by atoms with Gasteiger partial charge < -0.3 is 20.5 Å². The number of carboxylic acid groups (broad SMARTS) is 1. The summed E-state index contributed by atoms with van der Waals surface area (Å²) < 4.78 is 19.1. The standard InChI is InChI=1S/C28H33FN8O3/c29-22-14-24(19-31-18-22)40-13-12-37(10-2-1-5-23-7-6-21-4-3-9-32-26(21)35-23)11-8-25(27(38)39)36-28-33-16-20(15-30)17-34-28/h6-7,14,16-19,25H,1-5,8-13H2,(H,32,35)(H,38,39)(H,33,34,36). The molecule has 0 aromatic carbocycles. The van der Waals surface area contributed by atoms with E-state index in [9.17, 15) is 14.3 Å². The molecule has 0 saturated heterocycles. The number of rotatable bonds is 15. The maximum Gasteiger partial charge on any atom is 0.326 e. The van der Waals surface area contributed by atoms with E-state index in [0.29, 0.717) is 31.0 Å². The largest absolute Gasteiger partial charge is 0.491 e. The van der Waals surface area contributed by atoms with Gasteiger partial charge in [0.25, 0.3) is 0 Å². The Bertz CT molecular complexity index is 1300. The molecule has 0 saturated carbocycles. The van der Waals surface area contributed by atoms with Gasteiger partial charge in [-0.1, -0.05) is 6.07 Å². The topological polar surface area (TPSA) is 149 Å². The van der Waals surface area contributed by atoms with E-state index in [1.165, 1.54) is 30.2 Å². The highest BCUT2D eigenvalue weighted by Gasteiger charge is 2.20. The minimum absolute atomic E-state index is 0.145. The molecule has 4 rings (SSSR count). The summed E-state index contributed by atoms with van der Waals surface area (Å²) in [5, 5.41) is 24.9. The number of nitrogens with one attached hydrogen (secondary N) is 2. The van der Waals surface area contributed by atoms with Crippen molar-refractivity contribution in [2.75, 3.05) is 43.4 Å². The zero-order valence-electron chi connectivity index (χ0n) is 22.2. The SMILES string of the molecule is N#Cc1cnc(NC(CCN(CCCCc2ccc3c(n2)NCCC3)CCOc2cncc(F)c2)C(=O)O)nc1. The van der Waals surface area contributed by atoms with Crippen LogP contribution in [0.25, 0.3) is 0 Å². The zero-order valence-corrected chi connectivity index (χ0v) is 22.2. The fraction of sp³-hybridized carbons (Fsp3) is 0.429. The third-order valence-electron chi connectivity index (χ3n) is 6.58. The second-order valence-electron chi connectivity index (χ2n) is 9.56. The van der Waals surface area contributed by atoms with Crippen molar-refractivity contribution in [3.05, 3.63) is 65.6 Å². The first kappa shape index (κ1) is 28.6. The van der Waals surface area contributed by atoms with Gasteiger partial charge in [-0.25, -0.2) is 24.1 Å². The molecule has 4 heterocycles. The van der Waals surface area contributed by atoms with Gasteiger partial charge in [-0.15, -0.1) is 0 Å². The van der Waals surface area contributed by atoms with Crippen LogP contribution in [0.15, 0.2) is 43.0 Å². The number of nitrogens with zero attached hydrogens (tertiary/aromatic N) is 6. The van der Waals surface area contributed by atoms with Crippen molar-refractivity contribution in [2.45, 2.75) is 44.6 Å². The predicted molar refractivity (Wildman–Crippen MR) is 147 cm³/mol. The molecule has 12 heteroatoms. The lowest BCUT2D eigenvalue weighted by Crippen LogP contribution is -2.37. The predicted octanol–water partition coefficient (Wildman–Crippen LogP) is 3.29. The summed E-state index contributed by atoms with van der Waals surface area (Å²) in [6.45, 7) is 2.99. The minimum Gasteiger partial charge on any atom is -0.491 e. The molecule has 0 spiro atoms. The van der Waals surface area contributed by atoms with Crippen LogP contribution in [0.3, 0.4) is 0 Å². The number of hydrogen-bond donors (Lipinski definition) is 3. The highest BCUT2D eigenvalue weighted by Crippen LogP contribution is 2.20. The highest BCUT2D eigenvalue weighted by atomic mass is 19.1. The van der Waals surface area contributed by atoms with Crippen LogP contribution in [0.1, 0.15) is 42.5 Å². The molecule has 1 atom stereocenters. The number of fused-ring (bicyclic) bond motifs is 1. The molecular weight excluding hydrogens is 515 g/mol. The van der Waals surface area contributed by atoms with Crippen molar-refractivity contribution in [2.24, 2.45) is 0 Å². The maximum absolute atomic E-state index is 13.4. The molecule has 0 fully saturated rings. The normalized spacial score (nSPS) is 13.1. The molecule has 3 aromatic rings. The third kappa shape index (κ3) is 8.84. The van der Waals surface area contributed by atoms with Gasteiger partial charge in [0.05, 0.1) is 30.4 Å². The molecule has 0 radical (unpaired) electrons. The van der Waals surface area contributed by atoms with E-state index in [1.54, 1.807) is 0 Å². The van der Waals surface area contributed by atoms with Crippen LogP contribution < -0.4 is 15.4 Å². The number of unbranched alkanes of at least 4 members (excludes halogenated alkanes) is 1. The van der Waals surface area contributed by atoms with Gasteiger partial charge in [-0.3, -0.25) is 9.88 Å². The summed E-state index contributed by atoms with van der Waals surface area (Å²) in [4.78, 5) is 30.7. The van der Waals surface area contributed by atoms with Gasteiger partial charge in [0, 0.05) is 31.4 Å². The van der Waals surface area contributed by atoms with Crippen molar-refractivity contribution in [1.29, 1.82) is 5.26 Å². The molecule has 210 valence electrons. The van der Waals surface area contributed by atoms with Gasteiger partial charge in [-0.05, 0) is 56.7 Å². The van der Waals surface area contributed by atoms with E-state index >= 15 is 0 Å². The lowest BCUT2D eigenvalue weighted by atomic mass is 10.1. The number of hydrogen-bond acceptors (Lipinski definition) is 10. The number of carbonyl (C=O) groups is 1. The Labute approximate surface area is 232 Å². The molecule has 0 amide bonds. The van der Waals surface area contributed by atoms with Crippen molar-refractivity contribution >= 4 is 17.7 Å². The van der Waals surface area contributed by atoms with E-state index < -0.39 is 17.8 Å². The zero-order chi connectivity index (χ0) is 28.2. The number of halogens is 1. The van der Waals surface area contributed by atoms with Gasteiger partial charge in [0.1, 0.15) is 36.1 Å². The van der Waals surface area contributed by atoms with E-state index in [0.717, 1.165) is 62.9 Å². The van der Waals surface area contributed by atoms with Crippen LogP contribution in [-0.2, 0) is 17.6 Å². The van der Waals surface area contributed by atoms with Gasteiger partial charge >= 0.3 is 5.97 Å². The molecule has 3 aromatic heterocycles. The fourth-order valence-electron chi connectivity index (χ4n) is 4.43. The van der Waals surface area contributed by atoms with Crippen molar-refractivity contribution in [3.63, 3.8) is 0 Å². The van der Waals surface area contributed by atoms with Crippen LogP contribution in [0.2, 0.25) is 0 Å². The number of ether oxygens (including phenoxy) is 1. The van der Waals surface area contributed by atoms with Gasteiger partial charge in [0.15, 0.2) is 0 Å². The second-order valence-corrected chi connectivity index (χ2v) is 9.56. The summed E-state index contributed by atoms with van der Waals surface area (Å²) in [6.07, 6.45) is 10.4. The summed E-state index contributed by atoms with van der Waals surface area (Å²) >= 11 is 0.